The molecule has 1 saturated carbocycles. The molecule has 1 saturated heterocycles. The van der Waals surface area contributed by atoms with Crippen molar-refractivity contribution >= 4 is 24.2 Å². The van der Waals surface area contributed by atoms with E-state index in [-0.39, 0.29) is 42.0 Å². The number of hydrogen-bond donors (Lipinski definition) is 1. The summed E-state index contributed by atoms with van der Waals surface area (Å²) >= 11 is 0. The van der Waals surface area contributed by atoms with Crippen LogP contribution < -0.4 is 5.73 Å². The van der Waals surface area contributed by atoms with Crippen LogP contribution in [0.2, 0.25) is 0 Å². The Morgan fingerprint density at radius 2 is 1.76 bits per heavy atom. The molecule has 0 aromatic heterocycles. The van der Waals surface area contributed by atoms with Gasteiger partial charge in [0.15, 0.2) is 0 Å². The third-order valence-electron chi connectivity index (χ3n) is 5.12. The highest BCUT2D eigenvalue weighted by Crippen LogP contribution is 2.26. The van der Waals surface area contributed by atoms with Crippen molar-refractivity contribution in [1.82, 2.24) is 9.80 Å². The van der Waals surface area contributed by atoms with E-state index in [0.29, 0.717) is 37.3 Å². The molecule has 1 aromatic rings. The van der Waals surface area contributed by atoms with Gasteiger partial charge in [0.1, 0.15) is 5.82 Å². The molecule has 2 N–H and O–H groups in total. The van der Waals surface area contributed by atoms with Crippen LogP contribution in [0.1, 0.15) is 35.2 Å². The van der Waals surface area contributed by atoms with E-state index in [2.05, 4.69) is 0 Å². The molecule has 0 spiro atoms. The summed E-state index contributed by atoms with van der Waals surface area (Å²) in [6.45, 7) is 3.70. The van der Waals surface area contributed by atoms with Crippen molar-refractivity contribution in [3.8, 4) is 0 Å². The van der Waals surface area contributed by atoms with Crippen LogP contribution in [0.4, 0.5) is 4.39 Å². The summed E-state index contributed by atoms with van der Waals surface area (Å²) in [6, 6.07) is 4.69. The van der Waals surface area contributed by atoms with Gasteiger partial charge in [-0.2, -0.15) is 0 Å². The lowest BCUT2D eigenvalue weighted by Crippen LogP contribution is -2.51. The van der Waals surface area contributed by atoms with Crippen molar-refractivity contribution in [2.24, 2.45) is 11.7 Å². The average Bonchev–Trinajstić information content (AvgIpc) is 3.02. The number of carbonyl (C=O) groups is 2. The van der Waals surface area contributed by atoms with Gasteiger partial charge in [-0.15, -0.1) is 12.4 Å². The first kappa shape index (κ1) is 19.7. The Morgan fingerprint density at radius 1 is 1.12 bits per heavy atom. The van der Waals surface area contributed by atoms with Gasteiger partial charge in [0, 0.05) is 43.7 Å². The van der Waals surface area contributed by atoms with E-state index in [1.54, 1.807) is 24.0 Å². The Kier molecular flexibility index (Phi) is 6.41. The second-order valence-electron chi connectivity index (χ2n) is 6.85. The first-order valence-electron chi connectivity index (χ1n) is 8.55. The standard InChI is InChI=1S/C18H24FN3O2.ClH/c1-12-2-3-14(11-16(12)19)18(24)22-8-6-21(7-9-22)17(23)13-4-5-15(20)10-13;/h2-3,11,13,15H,4-10,20H2,1H3;1H. The molecule has 2 fully saturated rings. The predicted octanol–water partition coefficient (Wildman–Crippen LogP) is 1.97. The number of halogens is 2. The summed E-state index contributed by atoms with van der Waals surface area (Å²) in [7, 11) is 0. The number of nitrogens with two attached hydrogens (primary N) is 1. The molecule has 2 unspecified atom stereocenters. The zero-order valence-corrected chi connectivity index (χ0v) is 15.2. The fraction of sp³-hybridized carbons (Fsp3) is 0.556. The summed E-state index contributed by atoms with van der Waals surface area (Å²) in [5.74, 6) is -0.346. The molecule has 2 amide bonds. The SMILES string of the molecule is Cc1ccc(C(=O)N2CCN(C(=O)C3CCC(N)C3)CC2)cc1F.Cl. The smallest absolute Gasteiger partial charge is 0.254 e. The summed E-state index contributed by atoms with van der Waals surface area (Å²) in [5.41, 5.74) is 6.77. The number of aryl methyl sites for hydroxylation is 1. The molecule has 1 aromatic carbocycles. The fourth-order valence-electron chi connectivity index (χ4n) is 3.54. The molecule has 1 aliphatic carbocycles. The van der Waals surface area contributed by atoms with Gasteiger partial charge >= 0.3 is 0 Å². The highest BCUT2D eigenvalue weighted by Gasteiger charge is 2.33. The predicted molar refractivity (Wildman–Crippen MR) is 96.2 cm³/mol. The molecule has 25 heavy (non-hydrogen) atoms. The van der Waals surface area contributed by atoms with Crippen LogP contribution >= 0.6 is 12.4 Å². The monoisotopic (exact) mass is 369 g/mol. The largest absolute Gasteiger partial charge is 0.339 e. The Labute approximate surface area is 153 Å². The minimum Gasteiger partial charge on any atom is -0.339 e. The lowest BCUT2D eigenvalue weighted by molar-refractivity contribution is -0.136. The number of rotatable bonds is 2. The van der Waals surface area contributed by atoms with Crippen LogP contribution in [0, 0.1) is 18.7 Å². The van der Waals surface area contributed by atoms with E-state index in [4.69, 9.17) is 5.73 Å². The highest BCUT2D eigenvalue weighted by atomic mass is 35.5. The third kappa shape index (κ3) is 4.30. The number of hydrogen-bond acceptors (Lipinski definition) is 3. The molecule has 1 heterocycles. The maximum absolute atomic E-state index is 13.6. The minimum atomic E-state index is -0.368. The first-order chi connectivity index (χ1) is 11.5. The van der Waals surface area contributed by atoms with Gasteiger partial charge in [-0.3, -0.25) is 9.59 Å². The van der Waals surface area contributed by atoms with Gasteiger partial charge < -0.3 is 15.5 Å². The quantitative estimate of drug-likeness (QED) is 0.866. The van der Waals surface area contributed by atoms with Crippen LogP contribution in [-0.4, -0.2) is 53.8 Å². The van der Waals surface area contributed by atoms with E-state index in [1.807, 2.05) is 4.90 Å². The molecular weight excluding hydrogens is 345 g/mol. The summed E-state index contributed by atoms with van der Waals surface area (Å²) in [6.07, 6.45) is 2.54. The van der Waals surface area contributed by atoms with Gasteiger partial charge in [0.05, 0.1) is 0 Å². The Balaban J connectivity index is 0.00000225. The Bertz CT molecular complexity index is 647. The summed E-state index contributed by atoms with van der Waals surface area (Å²) < 4.78 is 13.6. The summed E-state index contributed by atoms with van der Waals surface area (Å²) in [5, 5.41) is 0. The van der Waals surface area contributed by atoms with Crippen molar-refractivity contribution in [2.45, 2.75) is 32.2 Å². The van der Waals surface area contributed by atoms with Crippen molar-refractivity contribution in [2.75, 3.05) is 26.2 Å². The minimum absolute atomic E-state index is 0. The lowest BCUT2D eigenvalue weighted by atomic mass is 10.1. The van der Waals surface area contributed by atoms with Gasteiger partial charge in [0.2, 0.25) is 5.91 Å². The van der Waals surface area contributed by atoms with Crippen LogP contribution in [0.25, 0.3) is 0 Å². The van der Waals surface area contributed by atoms with Gasteiger partial charge in [0.25, 0.3) is 5.91 Å². The normalized spacial score (nSPS) is 23.3. The van der Waals surface area contributed by atoms with E-state index < -0.39 is 0 Å². The number of benzene rings is 1. The molecule has 3 rings (SSSR count). The average molecular weight is 370 g/mol. The van der Waals surface area contributed by atoms with Crippen molar-refractivity contribution in [3.63, 3.8) is 0 Å². The van der Waals surface area contributed by atoms with Crippen LogP contribution in [0.5, 0.6) is 0 Å². The van der Waals surface area contributed by atoms with Crippen LogP contribution in [0.3, 0.4) is 0 Å². The van der Waals surface area contributed by atoms with Crippen molar-refractivity contribution in [3.05, 3.63) is 35.1 Å². The van der Waals surface area contributed by atoms with E-state index in [0.717, 1.165) is 19.3 Å². The number of piperazine rings is 1. The van der Waals surface area contributed by atoms with Gasteiger partial charge in [-0.25, -0.2) is 4.39 Å². The highest BCUT2D eigenvalue weighted by molar-refractivity contribution is 5.94. The maximum Gasteiger partial charge on any atom is 0.254 e. The molecule has 7 heteroatoms. The lowest BCUT2D eigenvalue weighted by Gasteiger charge is -2.36. The topological polar surface area (TPSA) is 66.6 Å². The summed E-state index contributed by atoms with van der Waals surface area (Å²) in [4.78, 5) is 28.5. The fourth-order valence-corrected chi connectivity index (χ4v) is 3.54. The van der Waals surface area contributed by atoms with Crippen molar-refractivity contribution in [1.29, 1.82) is 0 Å². The molecule has 2 atom stereocenters. The molecule has 5 nitrogen and oxygen atoms in total. The Hall–Kier alpha value is -1.66. The van der Waals surface area contributed by atoms with Crippen LogP contribution in [-0.2, 0) is 4.79 Å². The van der Waals surface area contributed by atoms with Crippen LogP contribution in [0.15, 0.2) is 18.2 Å². The van der Waals surface area contributed by atoms with Crippen molar-refractivity contribution < 1.29 is 14.0 Å². The number of amides is 2. The van der Waals surface area contributed by atoms with E-state index >= 15 is 0 Å². The van der Waals surface area contributed by atoms with Gasteiger partial charge in [-0.05, 0) is 43.9 Å². The first-order valence-corrected chi connectivity index (χ1v) is 8.55. The third-order valence-corrected chi connectivity index (χ3v) is 5.12. The molecular formula is C18H25ClFN3O2. The van der Waals surface area contributed by atoms with E-state index in [1.165, 1.54) is 6.07 Å². The molecule has 138 valence electrons. The molecule has 0 bridgehead atoms. The van der Waals surface area contributed by atoms with Gasteiger partial charge in [-0.1, -0.05) is 6.07 Å². The number of nitrogens with zero attached hydrogens (tertiary/aromatic N) is 2. The molecule has 1 aliphatic heterocycles. The molecule has 0 radical (unpaired) electrons. The zero-order valence-electron chi connectivity index (χ0n) is 14.4. The second-order valence-corrected chi connectivity index (χ2v) is 6.85. The molecule has 2 aliphatic rings. The Morgan fingerprint density at radius 3 is 2.32 bits per heavy atom. The number of carbonyl (C=O) groups excluding carboxylic acids is 2. The zero-order chi connectivity index (χ0) is 17.3. The van der Waals surface area contributed by atoms with E-state index in [9.17, 15) is 14.0 Å². The maximum atomic E-state index is 13.6. The second kappa shape index (κ2) is 8.15.